The standard InChI is InChI=1S/C11H9N3S/c1-7-4-5-14-11(10(7)13)9-3-2-8(6-12)15-9/h2-5H,13H2,1H3. The van der Waals surface area contributed by atoms with Gasteiger partial charge in [-0.1, -0.05) is 0 Å². The Hall–Kier alpha value is -1.86. The van der Waals surface area contributed by atoms with E-state index in [1.54, 1.807) is 12.3 Å². The number of rotatable bonds is 1. The van der Waals surface area contributed by atoms with Crippen LogP contribution in [0.5, 0.6) is 0 Å². The minimum absolute atomic E-state index is 0.674. The first-order chi connectivity index (χ1) is 7.22. The van der Waals surface area contributed by atoms with E-state index in [0.29, 0.717) is 10.6 Å². The molecule has 0 bridgehead atoms. The van der Waals surface area contributed by atoms with Crippen molar-refractivity contribution in [2.45, 2.75) is 6.92 Å². The molecule has 0 saturated heterocycles. The zero-order valence-electron chi connectivity index (χ0n) is 8.19. The minimum Gasteiger partial charge on any atom is -0.397 e. The number of nitrogens with zero attached hydrogens (tertiary/aromatic N) is 2. The van der Waals surface area contributed by atoms with Crippen molar-refractivity contribution in [1.29, 1.82) is 5.26 Å². The minimum atomic E-state index is 0.674. The summed E-state index contributed by atoms with van der Waals surface area (Å²) in [6.45, 7) is 1.94. The van der Waals surface area contributed by atoms with Crippen LogP contribution in [0.1, 0.15) is 10.4 Å². The third kappa shape index (κ3) is 1.69. The lowest BCUT2D eigenvalue weighted by Crippen LogP contribution is -1.94. The van der Waals surface area contributed by atoms with E-state index in [0.717, 1.165) is 16.1 Å². The second kappa shape index (κ2) is 3.71. The third-order valence-electron chi connectivity index (χ3n) is 2.16. The van der Waals surface area contributed by atoms with Crippen LogP contribution < -0.4 is 5.73 Å². The second-order valence-electron chi connectivity index (χ2n) is 3.17. The summed E-state index contributed by atoms with van der Waals surface area (Å²) in [5, 5.41) is 8.73. The number of nitrogens with two attached hydrogens (primary N) is 1. The van der Waals surface area contributed by atoms with Gasteiger partial charge in [0.1, 0.15) is 16.6 Å². The third-order valence-corrected chi connectivity index (χ3v) is 3.15. The van der Waals surface area contributed by atoms with E-state index in [1.807, 2.05) is 19.1 Å². The lowest BCUT2D eigenvalue weighted by atomic mass is 10.2. The summed E-state index contributed by atoms with van der Waals surface area (Å²) in [6, 6.07) is 7.63. The van der Waals surface area contributed by atoms with Crippen LogP contribution in [-0.2, 0) is 0 Å². The van der Waals surface area contributed by atoms with Gasteiger partial charge in [-0.3, -0.25) is 4.98 Å². The highest BCUT2D eigenvalue weighted by atomic mass is 32.1. The summed E-state index contributed by atoms with van der Waals surface area (Å²) in [5.74, 6) is 0. The molecule has 0 fully saturated rings. The number of aryl methyl sites for hydroxylation is 1. The molecule has 0 radical (unpaired) electrons. The maximum Gasteiger partial charge on any atom is 0.110 e. The van der Waals surface area contributed by atoms with Crippen LogP contribution in [-0.4, -0.2) is 4.98 Å². The molecule has 2 rings (SSSR count). The fourth-order valence-electron chi connectivity index (χ4n) is 1.29. The highest BCUT2D eigenvalue weighted by Crippen LogP contribution is 2.31. The number of nitriles is 1. The topological polar surface area (TPSA) is 62.7 Å². The molecule has 0 unspecified atom stereocenters. The number of pyridine rings is 1. The van der Waals surface area contributed by atoms with Gasteiger partial charge in [-0.2, -0.15) is 5.26 Å². The van der Waals surface area contributed by atoms with Crippen molar-refractivity contribution < 1.29 is 0 Å². The first-order valence-electron chi connectivity index (χ1n) is 4.44. The smallest absolute Gasteiger partial charge is 0.110 e. The van der Waals surface area contributed by atoms with Crippen LogP contribution in [0, 0.1) is 18.3 Å². The normalized spacial score (nSPS) is 9.87. The molecule has 74 valence electrons. The van der Waals surface area contributed by atoms with Gasteiger partial charge >= 0.3 is 0 Å². The summed E-state index contributed by atoms with van der Waals surface area (Å²) in [5.41, 5.74) is 8.38. The summed E-state index contributed by atoms with van der Waals surface area (Å²) in [6.07, 6.45) is 1.73. The molecule has 15 heavy (non-hydrogen) atoms. The average Bonchev–Trinajstić information content (AvgIpc) is 2.70. The Labute approximate surface area is 91.8 Å². The van der Waals surface area contributed by atoms with Gasteiger partial charge in [0.25, 0.3) is 0 Å². The number of nitrogen functional groups attached to an aromatic ring is 1. The highest BCUT2D eigenvalue weighted by molar-refractivity contribution is 7.16. The predicted octanol–water partition coefficient (Wildman–Crippen LogP) is 2.57. The van der Waals surface area contributed by atoms with E-state index in [4.69, 9.17) is 11.0 Å². The Kier molecular flexibility index (Phi) is 2.40. The Morgan fingerprint density at radius 2 is 2.20 bits per heavy atom. The zero-order chi connectivity index (χ0) is 10.8. The van der Waals surface area contributed by atoms with E-state index >= 15 is 0 Å². The second-order valence-corrected chi connectivity index (χ2v) is 4.25. The molecular weight excluding hydrogens is 206 g/mol. The van der Waals surface area contributed by atoms with E-state index in [9.17, 15) is 0 Å². The summed E-state index contributed by atoms with van der Waals surface area (Å²) in [4.78, 5) is 5.84. The molecule has 0 aromatic carbocycles. The first kappa shape index (κ1) is 9.69. The van der Waals surface area contributed by atoms with Crippen LogP contribution in [0.15, 0.2) is 24.4 Å². The van der Waals surface area contributed by atoms with Crippen LogP contribution >= 0.6 is 11.3 Å². The van der Waals surface area contributed by atoms with Crippen molar-refractivity contribution in [3.05, 3.63) is 34.8 Å². The first-order valence-corrected chi connectivity index (χ1v) is 5.25. The van der Waals surface area contributed by atoms with Crippen molar-refractivity contribution >= 4 is 17.0 Å². The number of hydrogen-bond acceptors (Lipinski definition) is 4. The van der Waals surface area contributed by atoms with Gasteiger partial charge in [-0.15, -0.1) is 11.3 Å². The average molecular weight is 215 g/mol. The highest BCUT2D eigenvalue weighted by Gasteiger charge is 2.08. The summed E-state index contributed by atoms with van der Waals surface area (Å²) >= 11 is 1.41. The van der Waals surface area contributed by atoms with Gasteiger partial charge in [0.2, 0.25) is 0 Å². The number of anilines is 1. The maximum absolute atomic E-state index is 8.73. The summed E-state index contributed by atoms with van der Waals surface area (Å²) in [7, 11) is 0. The van der Waals surface area contributed by atoms with Crippen LogP contribution in [0.25, 0.3) is 10.6 Å². The fourth-order valence-corrected chi connectivity index (χ4v) is 2.11. The number of aromatic nitrogens is 1. The molecule has 0 amide bonds. The van der Waals surface area contributed by atoms with Crippen molar-refractivity contribution in [3.63, 3.8) is 0 Å². The van der Waals surface area contributed by atoms with Gasteiger partial charge in [-0.25, -0.2) is 0 Å². The molecule has 0 saturated carbocycles. The molecule has 0 aliphatic heterocycles. The molecule has 0 atom stereocenters. The largest absolute Gasteiger partial charge is 0.397 e. The van der Waals surface area contributed by atoms with Crippen molar-refractivity contribution in [2.24, 2.45) is 0 Å². The van der Waals surface area contributed by atoms with Crippen molar-refractivity contribution in [2.75, 3.05) is 5.73 Å². The SMILES string of the molecule is Cc1ccnc(-c2ccc(C#N)s2)c1N. The fraction of sp³-hybridized carbons (Fsp3) is 0.0909. The van der Waals surface area contributed by atoms with Crippen LogP contribution in [0.4, 0.5) is 5.69 Å². The monoisotopic (exact) mass is 215 g/mol. The molecule has 4 heteroatoms. The lowest BCUT2D eigenvalue weighted by Gasteiger charge is -2.04. The predicted molar refractivity (Wildman–Crippen MR) is 61.4 cm³/mol. The Bertz CT molecular complexity index is 537. The molecule has 0 aliphatic rings. The van der Waals surface area contributed by atoms with Gasteiger partial charge in [-0.05, 0) is 30.7 Å². The van der Waals surface area contributed by atoms with E-state index in [2.05, 4.69) is 11.1 Å². The molecule has 2 heterocycles. The molecule has 2 aromatic heterocycles. The lowest BCUT2D eigenvalue weighted by molar-refractivity contribution is 1.30. The van der Waals surface area contributed by atoms with E-state index in [-0.39, 0.29) is 0 Å². The van der Waals surface area contributed by atoms with Gasteiger partial charge in [0, 0.05) is 6.20 Å². The molecule has 2 N–H and O–H groups in total. The van der Waals surface area contributed by atoms with Crippen LogP contribution in [0.2, 0.25) is 0 Å². The van der Waals surface area contributed by atoms with Crippen molar-refractivity contribution in [3.8, 4) is 16.6 Å². The molecule has 2 aromatic rings. The van der Waals surface area contributed by atoms with Crippen LogP contribution in [0.3, 0.4) is 0 Å². The maximum atomic E-state index is 8.73. The van der Waals surface area contributed by atoms with E-state index in [1.165, 1.54) is 11.3 Å². The Morgan fingerprint density at radius 3 is 2.87 bits per heavy atom. The van der Waals surface area contributed by atoms with Gasteiger partial charge in [0.15, 0.2) is 0 Å². The summed E-state index contributed by atoms with van der Waals surface area (Å²) < 4.78 is 0. The molecule has 3 nitrogen and oxygen atoms in total. The van der Waals surface area contributed by atoms with E-state index < -0.39 is 0 Å². The molecule has 0 spiro atoms. The number of thiophene rings is 1. The Morgan fingerprint density at radius 1 is 1.40 bits per heavy atom. The molecular formula is C11H9N3S. The quantitative estimate of drug-likeness (QED) is 0.795. The van der Waals surface area contributed by atoms with Crippen molar-refractivity contribution in [1.82, 2.24) is 4.98 Å². The molecule has 0 aliphatic carbocycles. The van der Waals surface area contributed by atoms with Gasteiger partial charge < -0.3 is 5.73 Å². The zero-order valence-corrected chi connectivity index (χ0v) is 9.01. The van der Waals surface area contributed by atoms with Gasteiger partial charge in [0.05, 0.1) is 10.6 Å². The Balaban J connectivity index is 2.55. The number of hydrogen-bond donors (Lipinski definition) is 1.